The zero-order valence-corrected chi connectivity index (χ0v) is 24.2. The number of anilines is 3. The van der Waals surface area contributed by atoms with Crippen LogP contribution in [0.25, 0.3) is 66.4 Å². The molecule has 0 aliphatic carbocycles. The smallest absolute Gasteiger partial charge is 0.228 e. The van der Waals surface area contributed by atoms with Crippen molar-refractivity contribution >= 4 is 60.9 Å². The molecular weight excluding hydrogens is 552 g/mol. The first-order chi connectivity index (χ1) is 22.3. The SMILES string of the molecule is c1ccc(-c2ccccc2N(c2ccc3ccccc3c2)c2ccc3oc4cccc(-c5nc6ccccc6o5)c4c3c2)cc1. The third kappa shape index (κ3) is 4.27. The van der Waals surface area contributed by atoms with Crippen molar-refractivity contribution in [3.05, 3.63) is 158 Å². The summed E-state index contributed by atoms with van der Waals surface area (Å²) in [7, 11) is 0. The van der Waals surface area contributed by atoms with E-state index >= 15 is 0 Å². The molecule has 0 saturated heterocycles. The topological polar surface area (TPSA) is 42.4 Å². The van der Waals surface area contributed by atoms with E-state index in [9.17, 15) is 0 Å². The predicted molar refractivity (Wildman–Crippen MR) is 184 cm³/mol. The van der Waals surface area contributed by atoms with Crippen molar-refractivity contribution in [2.45, 2.75) is 0 Å². The summed E-state index contributed by atoms with van der Waals surface area (Å²) in [6.45, 7) is 0. The van der Waals surface area contributed by atoms with Gasteiger partial charge in [-0.2, -0.15) is 0 Å². The standard InChI is InChI=1S/C41H26N2O2/c1-2-12-28(13-3-1)32-15-6-8-18-36(32)43(30-22-21-27-11-4-5-14-29(27)25-30)31-23-24-37-34(26-31)40-33(16-10-20-39(40)44-37)41-42-35-17-7-9-19-38(35)45-41/h1-26H. The quantitative estimate of drug-likeness (QED) is 0.204. The first kappa shape index (κ1) is 25.4. The van der Waals surface area contributed by atoms with Crippen molar-refractivity contribution in [1.29, 1.82) is 0 Å². The van der Waals surface area contributed by atoms with Gasteiger partial charge in [-0.05, 0) is 77.0 Å². The fraction of sp³-hybridized carbons (Fsp3) is 0. The van der Waals surface area contributed by atoms with Gasteiger partial charge in [0.2, 0.25) is 5.89 Å². The van der Waals surface area contributed by atoms with Crippen LogP contribution in [0.2, 0.25) is 0 Å². The highest BCUT2D eigenvalue weighted by Gasteiger charge is 2.21. The van der Waals surface area contributed by atoms with Crippen molar-refractivity contribution in [2.75, 3.05) is 4.90 Å². The maximum absolute atomic E-state index is 6.40. The van der Waals surface area contributed by atoms with Gasteiger partial charge >= 0.3 is 0 Å². The average Bonchev–Trinajstić information content (AvgIpc) is 3.71. The second-order valence-electron chi connectivity index (χ2n) is 11.2. The van der Waals surface area contributed by atoms with Crippen LogP contribution >= 0.6 is 0 Å². The highest BCUT2D eigenvalue weighted by atomic mass is 16.3. The van der Waals surface area contributed by atoms with E-state index in [0.29, 0.717) is 5.89 Å². The summed E-state index contributed by atoms with van der Waals surface area (Å²) in [5, 5.41) is 4.38. The van der Waals surface area contributed by atoms with Crippen molar-refractivity contribution < 1.29 is 8.83 Å². The van der Waals surface area contributed by atoms with Crippen LogP contribution in [-0.2, 0) is 0 Å². The summed E-state index contributed by atoms with van der Waals surface area (Å²) in [6.07, 6.45) is 0. The molecule has 212 valence electrons. The number of hydrogen-bond donors (Lipinski definition) is 0. The summed E-state index contributed by atoms with van der Waals surface area (Å²) < 4.78 is 12.6. The molecule has 0 atom stereocenters. The minimum Gasteiger partial charge on any atom is -0.456 e. The fourth-order valence-electron chi connectivity index (χ4n) is 6.39. The van der Waals surface area contributed by atoms with Crippen LogP contribution in [0.3, 0.4) is 0 Å². The van der Waals surface area contributed by atoms with Gasteiger partial charge in [-0.1, -0.05) is 97.1 Å². The molecule has 45 heavy (non-hydrogen) atoms. The summed E-state index contributed by atoms with van der Waals surface area (Å²) in [4.78, 5) is 7.17. The Hall–Kier alpha value is -6.13. The lowest BCUT2D eigenvalue weighted by molar-refractivity contribution is 0.620. The van der Waals surface area contributed by atoms with E-state index in [1.807, 2.05) is 36.4 Å². The van der Waals surface area contributed by atoms with E-state index in [2.05, 4.69) is 126 Å². The Bertz CT molecular complexity index is 2480. The van der Waals surface area contributed by atoms with Gasteiger partial charge in [0.15, 0.2) is 5.58 Å². The molecule has 2 aromatic heterocycles. The lowest BCUT2D eigenvalue weighted by Crippen LogP contribution is -2.11. The van der Waals surface area contributed by atoms with Crippen LogP contribution < -0.4 is 4.90 Å². The Morgan fingerprint density at radius 3 is 2.09 bits per heavy atom. The Morgan fingerprint density at radius 2 is 1.18 bits per heavy atom. The van der Waals surface area contributed by atoms with Gasteiger partial charge in [0.1, 0.15) is 16.7 Å². The number of para-hydroxylation sites is 3. The maximum Gasteiger partial charge on any atom is 0.228 e. The van der Waals surface area contributed by atoms with Crippen LogP contribution in [0.15, 0.2) is 167 Å². The van der Waals surface area contributed by atoms with Crippen molar-refractivity contribution in [3.63, 3.8) is 0 Å². The lowest BCUT2D eigenvalue weighted by atomic mass is 10.0. The molecule has 9 rings (SSSR count). The average molecular weight is 579 g/mol. The second kappa shape index (κ2) is 10.2. The van der Waals surface area contributed by atoms with E-state index in [-0.39, 0.29) is 0 Å². The van der Waals surface area contributed by atoms with Gasteiger partial charge in [-0.15, -0.1) is 0 Å². The minimum atomic E-state index is 0.579. The monoisotopic (exact) mass is 578 g/mol. The molecule has 7 aromatic carbocycles. The molecule has 0 radical (unpaired) electrons. The second-order valence-corrected chi connectivity index (χ2v) is 11.2. The molecule has 4 heteroatoms. The zero-order chi connectivity index (χ0) is 29.7. The Kier molecular flexibility index (Phi) is 5.78. The Morgan fingerprint density at radius 1 is 0.467 bits per heavy atom. The van der Waals surface area contributed by atoms with Gasteiger partial charge in [0.05, 0.1) is 5.69 Å². The molecule has 0 aliphatic heterocycles. The summed E-state index contributed by atoms with van der Waals surface area (Å²) in [5.74, 6) is 0.579. The lowest BCUT2D eigenvalue weighted by Gasteiger charge is -2.28. The number of aromatic nitrogens is 1. The number of hydrogen-bond acceptors (Lipinski definition) is 4. The zero-order valence-electron chi connectivity index (χ0n) is 24.2. The maximum atomic E-state index is 6.40. The van der Waals surface area contributed by atoms with Gasteiger partial charge < -0.3 is 13.7 Å². The third-order valence-electron chi connectivity index (χ3n) is 8.48. The normalized spacial score (nSPS) is 11.6. The number of nitrogens with zero attached hydrogens (tertiary/aromatic N) is 2. The molecule has 0 N–H and O–H groups in total. The Labute approximate surface area is 259 Å². The van der Waals surface area contributed by atoms with E-state index in [1.54, 1.807) is 0 Å². The van der Waals surface area contributed by atoms with Gasteiger partial charge in [-0.3, -0.25) is 0 Å². The summed E-state index contributed by atoms with van der Waals surface area (Å²) in [6, 6.07) is 54.6. The van der Waals surface area contributed by atoms with Crippen LogP contribution in [0.1, 0.15) is 0 Å². The minimum absolute atomic E-state index is 0.579. The third-order valence-corrected chi connectivity index (χ3v) is 8.48. The molecule has 0 fully saturated rings. The predicted octanol–water partition coefficient (Wildman–Crippen LogP) is 11.7. The fourth-order valence-corrected chi connectivity index (χ4v) is 6.39. The summed E-state index contributed by atoms with van der Waals surface area (Å²) in [5.41, 5.74) is 9.60. The first-order valence-electron chi connectivity index (χ1n) is 15.0. The molecule has 0 aliphatic rings. The van der Waals surface area contributed by atoms with E-state index < -0.39 is 0 Å². The van der Waals surface area contributed by atoms with Crippen molar-refractivity contribution in [1.82, 2.24) is 4.98 Å². The molecule has 0 amide bonds. The largest absolute Gasteiger partial charge is 0.456 e. The molecule has 0 saturated carbocycles. The van der Waals surface area contributed by atoms with Crippen LogP contribution in [0.4, 0.5) is 17.1 Å². The number of fused-ring (bicyclic) bond motifs is 5. The van der Waals surface area contributed by atoms with Crippen molar-refractivity contribution in [2.24, 2.45) is 0 Å². The molecule has 4 nitrogen and oxygen atoms in total. The molecular formula is C41H26N2O2. The number of rotatable bonds is 5. The molecule has 0 unspecified atom stereocenters. The van der Waals surface area contributed by atoms with Gasteiger partial charge in [0.25, 0.3) is 0 Å². The van der Waals surface area contributed by atoms with E-state index in [0.717, 1.165) is 66.8 Å². The van der Waals surface area contributed by atoms with Crippen LogP contribution in [0, 0.1) is 0 Å². The highest BCUT2D eigenvalue weighted by Crippen LogP contribution is 2.44. The molecule has 9 aromatic rings. The van der Waals surface area contributed by atoms with Gasteiger partial charge in [0, 0.05) is 33.3 Å². The molecule has 0 spiro atoms. The number of oxazole rings is 1. The molecule has 2 heterocycles. The van der Waals surface area contributed by atoms with Crippen molar-refractivity contribution in [3.8, 4) is 22.6 Å². The number of furan rings is 1. The van der Waals surface area contributed by atoms with E-state index in [4.69, 9.17) is 13.8 Å². The highest BCUT2D eigenvalue weighted by molar-refractivity contribution is 6.13. The van der Waals surface area contributed by atoms with Crippen LogP contribution in [0.5, 0.6) is 0 Å². The summed E-state index contributed by atoms with van der Waals surface area (Å²) >= 11 is 0. The molecule has 0 bridgehead atoms. The van der Waals surface area contributed by atoms with Gasteiger partial charge in [-0.25, -0.2) is 4.98 Å². The Balaban J connectivity index is 1.30. The van der Waals surface area contributed by atoms with E-state index in [1.165, 1.54) is 10.8 Å². The van der Waals surface area contributed by atoms with Crippen LogP contribution in [-0.4, -0.2) is 4.98 Å². The number of benzene rings is 7. The first-order valence-corrected chi connectivity index (χ1v) is 15.0.